The maximum atomic E-state index is 12.8. The summed E-state index contributed by atoms with van der Waals surface area (Å²) in [5, 5.41) is 10.5. The van der Waals surface area contributed by atoms with Gasteiger partial charge in [0.15, 0.2) is 5.16 Å². The van der Waals surface area contributed by atoms with Crippen molar-refractivity contribution >= 4 is 34.7 Å². The Morgan fingerprint density at radius 2 is 1.73 bits per heavy atom. The van der Waals surface area contributed by atoms with E-state index in [1.54, 1.807) is 11.8 Å². The van der Waals surface area contributed by atoms with Crippen LogP contribution in [0.5, 0.6) is 0 Å². The molecule has 2 N–H and O–H groups in total. The molecule has 1 amide bonds. The normalized spacial score (nSPS) is 10.6. The Labute approximate surface area is 179 Å². The van der Waals surface area contributed by atoms with Crippen LogP contribution >= 0.6 is 11.8 Å². The van der Waals surface area contributed by atoms with Crippen molar-refractivity contribution < 1.29 is 4.79 Å². The first-order valence-corrected chi connectivity index (χ1v) is 10.5. The van der Waals surface area contributed by atoms with Gasteiger partial charge in [0.05, 0.1) is 11.4 Å². The molecule has 4 aromatic rings. The minimum atomic E-state index is -0.140. The van der Waals surface area contributed by atoms with Crippen molar-refractivity contribution in [3.63, 3.8) is 0 Å². The van der Waals surface area contributed by atoms with E-state index in [0.29, 0.717) is 5.56 Å². The maximum Gasteiger partial charge on any atom is 0.255 e. The van der Waals surface area contributed by atoms with Crippen molar-refractivity contribution in [2.24, 2.45) is 0 Å². The highest BCUT2D eigenvalue weighted by Crippen LogP contribution is 2.30. The molecule has 1 heterocycles. The van der Waals surface area contributed by atoms with Gasteiger partial charge in [0.1, 0.15) is 6.33 Å². The fraction of sp³-hybridized carbons (Fsp3) is 0.0870. The number of nitrogens with zero attached hydrogens (tertiary/aromatic N) is 3. The first-order chi connectivity index (χ1) is 14.7. The van der Waals surface area contributed by atoms with Crippen LogP contribution < -0.4 is 10.2 Å². The van der Waals surface area contributed by atoms with E-state index in [4.69, 9.17) is 0 Å². The van der Waals surface area contributed by atoms with Gasteiger partial charge in [-0.3, -0.25) is 9.89 Å². The average molecular weight is 416 g/mol. The summed E-state index contributed by atoms with van der Waals surface area (Å²) < 4.78 is 0. The third-order valence-corrected chi connectivity index (χ3v) is 5.59. The molecule has 0 bridgehead atoms. The van der Waals surface area contributed by atoms with Crippen LogP contribution in [0.15, 0.2) is 90.3 Å². The second-order valence-corrected chi connectivity index (χ2v) is 7.61. The Hall–Kier alpha value is -3.58. The van der Waals surface area contributed by atoms with Crippen LogP contribution in [0.2, 0.25) is 0 Å². The number of H-pyrrole nitrogens is 1. The SMILES string of the molecule is CN(c1ccccc1)c1ccccc1NC(=O)c1ccc(CSc2ncn[nH]2)cc1. The lowest BCUT2D eigenvalue weighted by Gasteiger charge is -2.22. The van der Waals surface area contributed by atoms with Crippen LogP contribution in [-0.4, -0.2) is 28.1 Å². The monoisotopic (exact) mass is 415 g/mol. The van der Waals surface area contributed by atoms with E-state index in [1.165, 1.54) is 6.33 Å². The van der Waals surface area contributed by atoms with Crippen molar-refractivity contribution in [3.8, 4) is 0 Å². The zero-order valence-corrected chi connectivity index (χ0v) is 17.3. The number of benzene rings is 3. The number of nitrogens with one attached hydrogen (secondary N) is 2. The third-order valence-electron chi connectivity index (χ3n) is 4.64. The summed E-state index contributed by atoms with van der Waals surface area (Å²) in [5.41, 5.74) is 4.46. The Bertz CT molecular complexity index is 1100. The molecular weight excluding hydrogens is 394 g/mol. The van der Waals surface area contributed by atoms with Gasteiger partial charge in [0.2, 0.25) is 0 Å². The first-order valence-electron chi connectivity index (χ1n) is 9.47. The molecule has 0 fully saturated rings. The van der Waals surface area contributed by atoms with Crippen LogP contribution in [0.1, 0.15) is 15.9 Å². The molecule has 4 rings (SSSR count). The van der Waals surface area contributed by atoms with E-state index in [0.717, 1.165) is 33.5 Å². The topological polar surface area (TPSA) is 73.9 Å². The summed E-state index contributed by atoms with van der Waals surface area (Å²) in [6.45, 7) is 0. The molecule has 0 radical (unpaired) electrons. The number of amides is 1. The number of hydrogen-bond acceptors (Lipinski definition) is 5. The number of hydrogen-bond donors (Lipinski definition) is 2. The summed E-state index contributed by atoms with van der Waals surface area (Å²) in [5.74, 6) is 0.611. The zero-order chi connectivity index (χ0) is 20.8. The molecule has 0 spiro atoms. The van der Waals surface area contributed by atoms with Gasteiger partial charge in [-0.05, 0) is 42.0 Å². The van der Waals surface area contributed by atoms with Gasteiger partial charge in [0.25, 0.3) is 5.91 Å². The summed E-state index contributed by atoms with van der Waals surface area (Å²) in [7, 11) is 1.99. The van der Waals surface area contributed by atoms with Crippen molar-refractivity contribution in [1.29, 1.82) is 0 Å². The van der Waals surface area contributed by atoms with Crippen LogP contribution in [0.4, 0.5) is 17.1 Å². The van der Waals surface area contributed by atoms with Gasteiger partial charge in [-0.25, -0.2) is 4.98 Å². The summed E-state index contributed by atoms with van der Waals surface area (Å²) in [6.07, 6.45) is 1.49. The Kier molecular flexibility index (Phi) is 6.10. The summed E-state index contributed by atoms with van der Waals surface area (Å²) in [4.78, 5) is 19.0. The van der Waals surface area contributed by atoms with Crippen molar-refractivity contribution in [2.75, 3.05) is 17.3 Å². The Morgan fingerprint density at radius 3 is 2.47 bits per heavy atom. The van der Waals surface area contributed by atoms with Crippen LogP contribution in [0.3, 0.4) is 0 Å². The fourth-order valence-corrected chi connectivity index (χ4v) is 3.76. The molecule has 0 atom stereocenters. The summed E-state index contributed by atoms with van der Waals surface area (Å²) >= 11 is 1.56. The molecule has 0 aliphatic heterocycles. The zero-order valence-electron chi connectivity index (χ0n) is 16.4. The number of rotatable bonds is 7. The van der Waals surface area contributed by atoms with Crippen molar-refractivity contribution in [1.82, 2.24) is 15.2 Å². The lowest BCUT2D eigenvalue weighted by Crippen LogP contribution is -2.16. The molecule has 30 heavy (non-hydrogen) atoms. The standard InChI is InChI=1S/C23H21N5OS/c1-28(19-7-3-2-4-8-19)21-10-6-5-9-20(21)26-22(29)18-13-11-17(12-14-18)15-30-23-24-16-25-27-23/h2-14,16H,15H2,1H3,(H,26,29)(H,24,25,27). The maximum absolute atomic E-state index is 12.8. The van der Waals surface area contributed by atoms with Crippen LogP contribution in [-0.2, 0) is 5.75 Å². The molecule has 0 aliphatic carbocycles. The van der Waals surface area contributed by atoms with E-state index >= 15 is 0 Å². The molecule has 1 aromatic heterocycles. The van der Waals surface area contributed by atoms with Crippen molar-refractivity contribution in [2.45, 2.75) is 10.9 Å². The van der Waals surface area contributed by atoms with E-state index in [-0.39, 0.29) is 5.91 Å². The van der Waals surface area contributed by atoms with Crippen LogP contribution in [0.25, 0.3) is 0 Å². The molecule has 6 nitrogen and oxygen atoms in total. The number of thioether (sulfide) groups is 1. The van der Waals surface area contributed by atoms with Crippen molar-refractivity contribution in [3.05, 3.63) is 96.3 Å². The van der Waals surface area contributed by atoms with Gasteiger partial charge < -0.3 is 10.2 Å². The van der Waals surface area contributed by atoms with E-state index in [1.807, 2.05) is 85.9 Å². The van der Waals surface area contributed by atoms with E-state index < -0.39 is 0 Å². The van der Waals surface area contributed by atoms with Gasteiger partial charge >= 0.3 is 0 Å². The predicted octanol–water partition coefficient (Wildman–Crippen LogP) is 5.12. The average Bonchev–Trinajstić information content (AvgIpc) is 3.32. The minimum Gasteiger partial charge on any atom is -0.343 e. The minimum absolute atomic E-state index is 0.140. The molecule has 0 saturated heterocycles. The highest BCUT2D eigenvalue weighted by molar-refractivity contribution is 7.98. The fourth-order valence-electron chi connectivity index (χ4n) is 3.02. The Morgan fingerprint density at radius 1 is 1.00 bits per heavy atom. The number of aromatic amines is 1. The van der Waals surface area contributed by atoms with Gasteiger partial charge in [-0.15, -0.1) is 0 Å². The number of para-hydroxylation sites is 3. The largest absolute Gasteiger partial charge is 0.343 e. The number of carbonyl (C=O) groups excluding carboxylic acids is 1. The second kappa shape index (κ2) is 9.28. The molecule has 0 unspecified atom stereocenters. The highest BCUT2D eigenvalue weighted by Gasteiger charge is 2.12. The lowest BCUT2D eigenvalue weighted by atomic mass is 10.1. The summed E-state index contributed by atoms with van der Waals surface area (Å²) in [6, 6.07) is 25.4. The van der Waals surface area contributed by atoms with Crippen LogP contribution in [0, 0.1) is 0 Å². The third kappa shape index (κ3) is 4.69. The van der Waals surface area contributed by atoms with E-state index in [9.17, 15) is 4.79 Å². The van der Waals surface area contributed by atoms with Gasteiger partial charge in [-0.1, -0.05) is 54.2 Å². The second-order valence-electron chi connectivity index (χ2n) is 6.64. The van der Waals surface area contributed by atoms with Gasteiger partial charge in [-0.2, -0.15) is 5.10 Å². The molecule has 150 valence electrons. The number of aromatic nitrogens is 3. The highest BCUT2D eigenvalue weighted by atomic mass is 32.2. The molecule has 3 aromatic carbocycles. The predicted molar refractivity (Wildman–Crippen MR) is 121 cm³/mol. The molecule has 7 heteroatoms. The van der Waals surface area contributed by atoms with Gasteiger partial charge in [0, 0.05) is 24.1 Å². The lowest BCUT2D eigenvalue weighted by molar-refractivity contribution is 0.102. The molecule has 0 aliphatic rings. The number of carbonyl (C=O) groups is 1. The van der Waals surface area contributed by atoms with E-state index in [2.05, 4.69) is 25.4 Å². The molecular formula is C23H21N5OS. The smallest absolute Gasteiger partial charge is 0.255 e. The Balaban J connectivity index is 1.45. The number of anilines is 3. The first kappa shape index (κ1) is 19.7. The molecule has 0 saturated carbocycles. The quantitative estimate of drug-likeness (QED) is 0.410.